The second kappa shape index (κ2) is 2.57. The SMILES string of the molecule is COS(=O)(=O)C1CC2C=CC1C2. The van der Waals surface area contributed by atoms with Gasteiger partial charge in [0.2, 0.25) is 0 Å². The Hall–Kier alpha value is -0.350. The molecular formula is C8H12O3S. The van der Waals surface area contributed by atoms with Crippen molar-refractivity contribution < 1.29 is 12.6 Å². The van der Waals surface area contributed by atoms with Crippen LogP contribution in [0.5, 0.6) is 0 Å². The molecule has 0 aromatic rings. The van der Waals surface area contributed by atoms with E-state index in [4.69, 9.17) is 0 Å². The molecule has 2 aliphatic rings. The predicted octanol–water partition coefficient (Wildman–Crippen LogP) is 0.927. The summed E-state index contributed by atoms with van der Waals surface area (Å²) >= 11 is 0. The molecule has 0 aromatic heterocycles. The van der Waals surface area contributed by atoms with Crippen molar-refractivity contribution in [2.45, 2.75) is 18.1 Å². The molecule has 3 atom stereocenters. The highest BCUT2D eigenvalue weighted by Gasteiger charge is 2.43. The van der Waals surface area contributed by atoms with Crippen LogP contribution in [0.2, 0.25) is 0 Å². The van der Waals surface area contributed by atoms with Crippen molar-refractivity contribution in [2.75, 3.05) is 7.11 Å². The summed E-state index contributed by atoms with van der Waals surface area (Å²) in [6, 6.07) is 0. The second-order valence-corrected chi connectivity index (χ2v) is 5.40. The molecule has 3 nitrogen and oxygen atoms in total. The number of hydrogen-bond acceptors (Lipinski definition) is 3. The summed E-state index contributed by atoms with van der Waals surface area (Å²) in [6.07, 6.45) is 5.87. The van der Waals surface area contributed by atoms with E-state index in [2.05, 4.69) is 10.3 Å². The topological polar surface area (TPSA) is 43.4 Å². The maximum atomic E-state index is 11.3. The van der Waals surface area contributed by atoms with Gasteiger partial charge in [0.15, 0.2) is 0 Å². The van der Waals surface area contributed by atoms with Crippen molar-refractivity contribution in [3.63, 3.8) is 0 Å². The van der Waals surface area contributed by atoms with E-state index in [1.807, 2.05) is 6.08 Å². The van der Waals surface area contributed by atoms with Crippen molar-refractivity contribution in [1.29, 1.82) is 0 Å². The smallest absolute Gasteiger partial charge is 0.270 e. The molecule has 12 heavy (non-hydrogen) atoms. The summed E-state index contributed by atoms with van der Waals surface area (Å²) in [4.78, 5) is 0. The molecule has 2 aliphatic carbocycles. The zero-order valence-electron chi connectivity index (χ0n) is 6.93. The summed E-state index contributed by atoms with van der Waals surface area (Å²) in [6.45, 7) is 0. The average Bonchev–Trinajstić information content (AvgIpc) is 2.64. The van der Waals surface area contributed by atoms with Gasteiger partial charge in [-0.3, -0.25) is 4.18 Å². The van der Waals surface area contributed by atoms with Crippen LogP contribution in [0.4, 0.5) is 0 Å². The zero-order chi connectivity index (χ0) is 8.77. The van der Waals surface area contributed by atoms with Crippen LogP contribution in [0.15, 0.2) is 12.2 Å². The molecule has 2 rings (SSSR count). The molecule has 0 radical (unpaired) electrons. The number of fused-ring (bicyclic) bond motifs is 2. The minimum atomic E-state index is -3.28. The normalized spacial score (nSPS) is 39.2. The van der Waals surface area contributed by atoms with E-state index in [9.17, 15) is 8.42 Å². The van der Waals surface area contributed by atoms with E-state index in [0.717, 1.165) is 12.8 Å². The van der Waals surface area contributed by atoms with Gasteiger partial charge in [-0.25, -0.2) is 0 Å². The van der Waals surface area contributed by atoms with Gasteiger partial charge in [-0.2, -0.15) is 8.42 Å². The van der Waals surface area contributed by atoms with Crippen LogP contribution < -0.4 is 0 Å². The van der Waals surface area contributed by atoms with E-state index in [-0.39, 0.29) is 11.2 Å². The lowest BCUT2D eigenvalue weighted by Gasteiger charge is -2.16. The van der Waals surface area contributed by atoms with Crippen LogP contribution in [0.1, 0.15) is 12.8 Å². The lowest BCUT2D eigenvalue weighted by molar-refractivity contribution is 0.380. The Morgan fingerprint density at radius 1 is 1.33 bits per heavy atom. The fourth-order valence-corrected chi connectivity index (χ4v) is 3.55. The van der Waals surface area contributed by atoms with E-state index < -0.39 is 10.1 Å². The predicted molar refractivity (Wildman–Crippen MR) is 45.1 cm³/mol. The van der Waals surface area contributed by atoms with Crippen LogP contribution in [0.3, 0.4) is 0 Å². The molecule has 2 bridgehead atoms. The molecule has 68 valence electrons. The van der Waals surface area contributed by atoms with Crippen LogP contribution >= 0.6 is 0 Å². The monoisotopic (exact) mass is 188 g/mol. The molecule has 1 fully saturated rings. The van der Waals surface area contributed by atoms with Crippen molar-refractivity contribution in [3.05, 3.63) is 12.2 Å². The zero-order valence-corrected chi connectivity index (χ0v) is 7.75. The van der Waals surface area contributed by atoms with E-state index in [1.165, 1.54) is 7.11 Å². The third-order valence-corrected chi connectivity index (χ3v) is 4.57. The van der Waals surface area contributed by atoms with Gasteiger partial charge in [-0.05, 0) is 24.7 Å². The molecule has 0 N–H and O–H groups in total. The number of allylic oxidation sites excluding steroid dienone is 2. The Morgan fingerprint density at radius 3 is 2.50 bits per heavy atom. The lowest BCUT2D eigenvalue weighted by atomic mass is 10.1. The fourth-order valence-electron chi connectivity index (χ4n) is 2.19. The van der Waals surface area contributed by atoms with Crippen molar-refractivity contribution in [1.82, 2.24) is 0 Å². The van der Waals surface area contributed by atoms with Gasteiger partial charge >= 0.3 is 0 Å². The van der Waals surface area contributed by atoms with Crippen molar-refractivity contribution in [3.8, 4) is 0 Å². The first kappa shape index (κ1) is 8.26. The van der Waals surface area contributed by atoms with Gasteiger partial charge in [-0.1, -0.05) is 12.2 Å². The van der Waals surface area contributed by atoms with Gasteiger partial charge in [0, 0.05) is 0 Å². The quantitative estimate of drug-likeness (QED) is 0.478. The maximum absolute atomic E-state index is 11.3. The highest BCUT2D eigenvalue weighted by Crippen LogP contribution is 2.42. The molecule has 0 saturated heterocycles. The summed E-state index contributed by atoms with van der Waals surface area (Å²) in [5.41, 5.74) is 0. The molecule has 4 heteroatoms. The molecule has 0 aromatic carbocycles. The third kappa shape index (κ3) is 1.10. The van der Waals surface area contributed by atoms with Crippen molar-refractivity contribution >= 4 is 10.1 Å². The second-order valence-electron chi connectivity index (χ2n) is 3.48. The number of hydrogen-bond donors (Lipinski definition) is 0. The minimum Gasteiger partial charge on any atom is -0.273 e. The van der Waals surface area contributed by atoms with Gasteiger partial charge < -0.3 is 0 Å². The Kier molecular flexibility index (Phi) is 1.77. The molecular weight excluding hydrogens is 176 g/mol. The van der Waals surface area contributed by atoms with Gasteiger partial charge in [-0.15, -0.1) is 0 Å². The first-order valence-corrected chi connectivity index (χ1v) is 5.58. The van der Waals surface area contributed by atoms with Gasteiger partial charge in [0.1, 0.15) is 0 Å². The third-order valence-electron chi connectivity index (χ3n) is 2.82. The van der Waals surface area contributed by atoms with Gasteiger partial charge in [0.25, 0.3) is 10.1 Å². The fraction of sp³-hybridized carbons (Fsp3) is 0.750. The van der Waals surface area contributed by atoms with Crippen molar-refractivity contribution in [2.24, 2.45) is 11.8 Å². The molecule has 0 amide bonds. The summed E-state index contributed by atoms with van der Waals surface area (Å²) in [5, 5.41) is -0.280. The standard InChI is InChI=1S/C8H12O3S/c1-11-12(9,10)8-5-6-2-3-7(8)4-6/h2-3,6-8H,4-5H2,1H3. The van der Waals surface area contributed by atoms with Crippen LogP contribution in [0.25, 0.3) is 0 Å². The Balaban J connectivity index is 2.23. The first-order valence-electron chi connectivity index (χ1n) is 4.11. The summed E-state index contributed by atoms with van der Waals surface area (Å²) < 4.78 is 27.2. The highest BCUT2D eigenvalue weighted by atomic mass is 32.2. The number of rotatable bonds is 2. The van der Waals surface area contributed by atoms with E-state index in [1.54, 1.807) is 0 Å². The lowest BCUT2D eigenvalue weighted by Crippen LogP contribution is -2.26. The largest absolute Gasteiger partial charge is 0.273 e. The molecule has 0 heterocycles. The van der Waals surface area contributed by atoms with Crippen LogP contribution in [0, 0.1) is 11.8 Å². The molecule has 3 unspecified atom stereocenters. The Bertz CT molecular complexity index is 304. The minimum absolute atomic E-state index is 0.208. The summed E-state index contributed by atoms with van der Waals surface area (Å²) in [5.74, 6) is 0.685. The van der Waals surface area contributed by atoms with Gasteiger partial charge in [0.05, 0.1) is 12.4 Å². The molecule has 1 saturated carbocycles. The maximum Gasteiger partial charge on any atom is 0.270 e. The average molecular weight is 188 g/mol. The van der Waals surface area contributed by atoms with E-state index >= 15 is 0 Å². The first-order chi connectivity index (χ1) is 5.63. The highest BCUT2D eigenvalue weighted by molar-refractivity contribution is 7.87. The van der Waals surface area contributed by atoms with Crippen LogP contribution in [-0.2, 0) is 14.3 Å². The Morgan fingerprint density at radius 2 is 2.08 bits per heavy atom. The van der Waals surface area contributed by atoms with Crippen LogP contribution in [-0.4, -0.2) is 20.8 Å². The Labute approximate surface area is 72.5 Å². The summed E-state index contributed by atoms with van der Waals surface area (Å²) in [7, 11) is -2.04. The van der Waals surface area contributed by atoms with E-state index in [0.29, 0.717) is 5.92 Å². The molecule has 0 aliphatic heterocycles. The molecule has 0 spiro atoms.